The number of nitrogens with zero attached hydrogens (tertiary/aromatic N) is 3. The van der Waals surface area contributed by atoms with E-state index in [2.05, 4.69) is 32.4 Å². The number of fused-ring (bicyclic) bond motifs is 1. The van der Waals surface area contributed by atoms with Crippen LogP contribution in [0.25, 0.3) is 11.3 Å². The van der Waals surface area contributed by atoms with Crippen molar-refractivity contribution in [3.63, 3.8) is 0 Å². The second kappa shape index (κ2) is 7.31. The predicted octanol–water partition coefficient (Wildman–Crippen LogP) is 3.16. The number of carbonyl (C=O) groups excluding carboxylic acids is 1. The second-order valence-corrected chi connectivity index (χ2v) is 6.89. The number of aromatic nitrogens is 4. The zero-order valence-corrected chi connectivity index (χ0v) is 15.7. The molecular formula is C21H23N5O. The number of carbonyl (C=O) groups is 1. The molecule has 2 heterocycles. The van der Waals surface area contributed by atoms with Gasteiger partial charge in [0.15, 0.2) is 0 Å². The summed E-state index contributed by atoms with van der Waals surface area (Å²) in [5.41, 5.74) is 6.96. The number of amides is 1. The van der Waals surface area contributed by atoms with Gasteiger partial charge in [-0.25, -0.2) is 9.97 Å². The molecule has 0 spiro atoms. The highest BCUT2D eigenvalue weighted by Gasteiger charge is 2.19. The fraction of sp³-hybridized carbons (Fsp3) is 0.333. The van der Waals surface area contributed by atoms with Crippen LogP contribution in [0.4, 0.5) is 0 Å². The Morgan fingerprint density at radius 1 is 1.30 bits per heavy atom. The van der Waals surface area contributed by atoms with Crippen LogP contribution in [0, 0.1) is 6.92 Å². The molecule has 1 aromatic carbocycles. The summed E-state index contributed by atoms with van der Waals surface area (Å²) in [7, 11) is 0. The van der Waals surface area contributed by atoms with Crippen molar-refractivity contribution in [3.8, 4) is 11.3 Å². The lowest BCUT2D eigenvalue weighted by molar-refractivity contribution is 0.0950. The number of rotatable bonds is 5. The van der Waals surface area contributed by atoms with Gasteiger partial charge in [0.2, 0.25) is 0 Å². The average molecular weight is 361 g/mol. The summed E-state index contributed by atoms with van der Waals surface area (Å²) in [4.78, 5) is 21.5. The van der Waals surface area contributed by atoms with Crippen LogP contribution in [0.3, 0.4) is 0 Å². The van der Waals surface area contributed by atoms with Crippen molar-refractivity contribution in [1.29, 1.82) is 0 Å². The first-order valence-corrected chi connectivity index (χ1v) is 9.42. The quantitative estimate of drug-likeness (QED) is 0.731. The summed E-state index contributed by atoms with van der Waals surface area (Å²) in [6.45, 7) is 4.40. The number of hydrogen-bond acceptors (Lipinski definition) is 4. The molecule has 27 heavy (non-hydrogen) atoms. The third kappa shape index (κ3) is 3.47. The zero-order chi connectivity index (χ0) is 18.8. The Hall–Kier alpha value is -3.02. The van der Waals surface area contributed by atoms with Gasteiger partial charge in [-0.1, -0.05) is 19.1 Å². The summed E-state index contributed by atoms with van der Waals surface area (Å²) in [5.74, 6) is 0.625. The molecule has 3 aromatic rings. The minimum Gasteiger partial charge on any atom is -0.346 e. The normalized spacial score (nSPS) is 12.8. The van der Waals surface area contributed by atoms with E-state index in [0.717, 1.165) is 54.0 Å². The van der Waals surface area contributed by atoms with Gasteiger partial charge in [-0.15, -0.1) is 0 Å². The van der Waals surface area contributed by atoms with Crippen molar-refractivity contribution in [1.82, 2.24) is 25.5 Å². The highest BCUT2D eigenvalue weighted by molar-refractivity contribution is 5.95. The van der Waals surface area contributed by atoms with E-state index in [0.29, 0.717) is 12.1 Å². The smallest absolute Gasteiger partial charge is 0.251 e. The summed E-state index contributed by atoms with van der Waals surface area (Å²) in [6, 6.07) is 7.60. The van der Waals surface area contributed by atoms with E-state index in [1.807, 2.05) is 37.4 Å². The van der Waals surface area contributed by atoms with Crippen molar-refractivity contribution < 1.29 is 4.79 Å². The third-order valence-electron chi connectivity index (χ3n) is 5.07. The number of H-pyrrole nitrogens is 1. The first-order chi connectivity index (χ1) is 13.2. The Balaban J connectivity index is 1.53. The summed E-state index contributed by atoms with van der Waals surface area (Å²) < 4.78 is 0. The Kier molecular flexibility index (Phi) is 4.71. The molecule has 4 rings (SSSR count). The van der Waals surface area contributed by atoms with E-state index in [-0.39, 0.29) is 5.91 Å². The maximum atomic E-state index is 12.7. The number of aromatic amines is 1. The Bertz CT molecular complexity index is 992. The number of nitrogens with one attached hydrogen (secondary N) is 2. The Labute approximate surface area is 158 Å². The van der Waals surface area contributed by atoms with Gasteiger partial charge < -0.3 is 5.32 Å². The van der Waals surface area contributed by atoms with E-state index in [4.69, 9.17) is 0 Å². The molecule has 1 amide bonds. The van der Waals surface area contributed by atoms with Crippen LogP contribution in [0.2, 0.25) is 0 Å². The SMILES string of the molecule is CCc1cnc(C)nc1-c1cccc(C(=O)NCc2n[nH]c3c2CCC3)c1. The molecule has 1 aliphatic rings. The zero-order valence-electron chi connectivity index (χ0n) is 15.7. The van der Waals surface area contributed by atoms with Crippen LogP contribution in [-0.2, 0) is 25.8 Å². The van der Waals surface area contributed by atoms with Gasteiger partial charge in [0.25, 0.3) is 5.91 Å². The minimum absolute atomic E-state index is 0.101. The van der Waals surface area contributed by atoms with Gasteiger partial charge >= 0.3 is 0 Å². The Morgan fingerprint density at radius 2 is 2.19 bits per heavy atom. The maximum absolute atomic E-state index is 12.7. The molecule has 0 saturated carbocycles. The van der Waals surface area contributed by atoms with E-state index >= 15 is 0 Å². The maximum Gasteiger partial charge on any atom is 0.251 e. The largest absolute Gasteiger partial charge is 0.346 e. The predicted molar refractivity (Wildman–Crippen MR) is 103 cm³/mol. The Morgan fingerprint density at radius 3 is 3.04 bits per heavy atom. The van der Waals surface area contributed by atoms with E-state index in [1.165, 1.54) is 11.3 Å². The van der Waals surface area contributed by atoms with Crippen LogP contribution >= 0.6 is 0 Å². The molecule has 0 saturated heterocycles. The van der Waals surface area contributed by atoms with Crippen LogP contribution in [0.15, 0.2) is 30.5 Å². The van der Waals surface area contributed by atoms with Gasteiger partial charge in [-0.3, -0.25) is 9.89 Å². The van der Waals surface area contributed by atoms with E-state index in [1.54, 1.807) is 0 Å². The molecule has 1 aliphatic carbocycles. The molecule has 2 N–H and O–H groups in total. The summed E-state index contributed by atoms with van der Waals surface area (Å²) >= 11 is 0. The fourth-order valence-electron chi connectivity index (χ4n) is 3.61. The highest BCUT2D eigenvalue weighted by Crippen LogP contribution is 2.24. The van der Waals surface area contributed by atoms with Crippen molar-refractivity contribution >= 4 is 5.91 Å². The molecule has 0 fully saturated rings. The van der Waals surface area contributed by atoms with Crippen LogP contribution in [0.1, 0.15) is 52.0 Å². The summed E-state index contributed by atoms with van der Waals surface area (Å²) in [5, 5.41) is 10.4. The van der Waals surface area contributed by atoms with Crippen LogP contribution in [-0.4, -0.2) is 26.1 Å². The van der Waals surface area contributed by atoms with Crippen molar-refractivity contribution in [2.75, 3.05) is 0 Å². The van der Waals surface area contributed by atoms with Crippen molar-refractivity contribution in [3.05, 3.63) is 64.4 Å². The third-order valence-corrected chi connectivity index (χ3v) is 5.07. The van der Waals surface area contributed by atoms with Crippen molar-refractivity contribution in [2.24, 2.45) is 0 Å². The summed E-state index contributed by atoms with van der Waals surface area (Å²) in [6.07, 6.45) is 5.96. The lowest BCUT2D eigenvalue weighted by atomic mass is 10.0. The fourth-order valence-corrected chi connectivity index (χ4v) is 3.61. The van der Waals surface area contributed by atoms with Crippen LogP contribution < -0.4 is 5.32 Å². The van der Waals surface area contributed by atoms with Gasteiger partial charge in [-0.05, 0) is 55.9 Å². The highest BCUT2D eigenvalue weighted by atomic mass is 16.1. The lowest BCUT2D eigenvalue weighted by Crippen LogP contribution is -2.23. The van der Waals surface area contributed by atoms with Gasteiger partial charge in [0.1, 0.15) is 5.82 Å². The first kappa shape index (κ1) is 17.4. The second-order valence-electron chi connectivity index (χ2n) is 6.89. The number of benzene rings is 1. The monoisotopic (exact) mass is 361 g/mol. The minimum atomic E-state index is -0.101. The first-order valence-electron chi connectivity index (χ1n) is 9.42. The molecule has 0 radical (unpaired) electrons. The molecule has 138 valence electrons. The molecule has 0 unspecified atom stereocenters. The molecule has 0 atom stereocenters. The van der Waals surface area contributed by atoms with Crippen molar-refractivity contribution in [2.45, 2.75) is 46.1 Å². The molecule has 2 aromatic heterocycles. The number of hydrogen-bond donors (Lipinski definition) is 2. The van der Waals surface area contributed by atoms with E-state index < -0.39 is 0 Å². The van der Waals surface area contributed by atoms with Gasteiger partial charge in [0, 0.05) is 23.0 Å². The lowest BCUT2D eigenvalue weighted by Gasteiger charge is -2.10. The van der Waals surface area contributed by atoms with Crippen LogP contribution in [0.5, 0.6) is 0 Å². The van der Waals surface area contributed by atoms with E-state index in [9.17, 15) is 4.79 Å². The molecule has 6 nitrogen and oxygen atoms in total. The molecule has 0 aliphatic heterocycles. The molecule has 6 heteroatoms. The standard InChI is InChI=1S/C21H23N5O/c1-3-14-11-22-13(2)24-20(14)15-6-4-7-16(10-15)21(27)23-12-19-17-8-5-9-18(17)25-26-19/h4,6-7,10-11H,3,5,8-9,12H2,1-2H3,(H,23,27)(H,25,26). The molecule has 0 bridgehead atoms. The molecular weight excluding hydrogens is 338 g/mol. The average Bonchev–Trinajstić information content (AvgIpc) is 3.30. The van der Waals surface area contributed by atoms with Gasteiger partial charge in [0.05, 0.1) is 17.9 Å². The van der Waals surface area contributed by atoms with Gasteiger partial charge in [-0.2, -0.15) is 5.10 Å². The topological polar surface area (TPSA) is 83.6 Å². The number of aryl methyl sites for hydroxylation is 3.